The van der Waals surface area contributed by atoms with Crippen LogP contribution in [0, 0.1) is 35.5 Å². The molecule has 0 bridgehead atoms. The summed E-state index contributed by atoms with van der Waals surface area (Å²) < 4.78 is 1.07. The molecule has 0 spiro atoms. The van der Waals surface area contributed by atoms with E-state index in [1.165, 1.54) is 57.8 Å². The van der Waals surface area contributed by atoms with Crippen LogP contribution in [-0.4, -0.2) is 28.7 Å². The fourth-order valence-electron chi connectivity index (χ4n) is 7.78. The van der Waals surface area contributed by atoms with Crippen LogP contribution in [0.5, 0.6) is 0 Å². The third kappa shape index (κ3) is 3.89. The zero-order valence-electron chi connectivity index (χ0n) is 17.8. The maximum Gasteiger partial charge on any atom is 0.177 e. The van der Waals surface area contributed by atoms with Crippen molar-refractivity contribution in [2.75, 3.05) is 11.5 Å². The minimum Gasteiger partial charge on any atom is -0.440 e. The minimum atomic E-state index is 0.0626. The summed E-state index contributed by atoms with van der Waals surface area (Å²) in [5, 5.41) is 12.7. The molecule has 3 N–H and O–H groups in total. The lowest BCUT2D eigenvalue weighted by molar-refractivity contribution is 0.0282. The average Bonchev–Trinajstić information content (AvgIpc) is 2.72. The molecule has 0 amide bonds. The van der Waals surface area contributed by atoms with Crippen LogP contribution in [0.2, 0.25) is 0 Å². The fraction of sp³-hybridized carbons (Fsp3) is 0.840. The van der Waals surface area contributed by atoms with Crippen molar-refractivity contribution in [2.24, 2.45) is 35.5 Å². The van der Waals surface area contributed by atoms with E-state index in [0.717, 1.165) is 40.9 Å². The van der Waals surface area contributed by atoms with Crippen LogP contribution in [0.15, 0.2) is 23.8 Å². The topological polar surface area (TPSA) is 34.9 Å². The molecule has 3 heteroatoms. The van der Waals surface area contributed by atoms with Crippen LogP contribution in [0.25, 0.3) is 0 Å². The molecule has 3 fully saturated rings. The average molecular weight is 499 g/mol. The summed E-state index contributed by atoms with van der Waals surface area (Å²) in [5.74, 6) is 4.73. The summed E-state index contributed by atoms with van der Waals surface area (Å²) in [6.45, 7) is 4.16. The predicted molar refractivity (Wildman–Crippen MR) is 128 cm³/mol. The lowest BCUT2D eigenvalue weighted by Gasteiger charge is -2.54. The van der Waals surface area contributed by atoms with Crippen molar-refractivity contribution in [3.05, 3.63) is 23.8 Å². The van der Waals surface area contributed by atoms with Crippen molar-refractivity contribution < 1.29 is 5.11 Å². The van der Waals surface area contributed by atoms with Gasteiger partial charge in [0.2, 0.25) is 0 Å². The lowest BCUT2D eigenvalue weighted by atomic mass is 9.52. The summed E-state index contributed by atoms with van der Waals surface area (Å²) in [6.07, 6.45) is 17.2. The number of fused-ring (bicyclic) bond motifs is 2. The van der Waals surface area contributed by atoms with Gasteiger partial charge in [0.05, 0.1) is 0 Å². The maximum atomic E-state index is 9.00. The van der Waals surface area contributed by atoms with Gasteiger partial charge in [0.25, 0.3) is 0 Å². The highest BCUT2D eigenvalue weighted by atomic mass is 127. The number of rotatable bonds is 5. The van der Waals surface area contributed by atoms with Crippen LogP contribution in [-0.2, 0) is 0 Å². The van der Waals surface area contributed by atoms with Crippen LogP contribution in [0.4, 0.5) is 0 Å². The van der Waals surface area contributed by atoms with Gasteiger partial charge in [0, 0.05) is 22.5 Å². The first kappa shape index (κ1) is 21.4. The monoisotopic (exact) mass is 498 g/mol. The Morgan fingerprint density at radius 2 is 1.79 bits per heavy atom. The van der Waals surface area contributed by atoms with E-state index in [1.807, 2.05) is 5.57 Å². The quantitative estimate of drug-likeness (QED) is 0.227. The Labute approximate surface area is 186 Å². The maximum absolute atomic E-state index is 9.00. The Hall–Kier alpha value is 0.130. The van der Waals surface area contributed by atoms with E-state index in [-0.39, 0.29) is 6.10 Å². The lowest BCUT2D eigenvalue weighted by Crippen LogP contribution is -2.52. The summed E-state index contributed by atoms with van der Waals surface area (Å²) in [7, 11) is 2.19. The molecule has 8 unspecified atom stereocenters. The molecule has 158 valence electrons. The second-order valence-corrected chi connectivity index (χ2v) is 10.9. The van der Waals surface area contributed by atoms with Crippen LogP contribution < -0.4 is 5.32 Å². The predicted octanol–water partition coefficient (Wildman–Crippen LogP) is 5.63. The summed E-state index contributed by atoms with van der Waals surface area (Å²) >= 11 is 2.57. The summed E-state index contributed by atoms with van der Waals surface area (Å²) in [5.41, 5.74) is 3.36. The Morgan fingerprint density at radius 3 is 2.50 bits per heavy atom. The van der Waals surface area contributed by atoms with Gasteiger partial charge >= 0.3 is 0 Å². The minimum absolute atomic E-state index is 0.0626. The highest BCUT2D eigenvalue weighted by Crippen LogP contribution is 2.56. The number of nitrogens with one attached hydrogen (secondary N) is 1. The largest absolute Gasteiger partial charge is 0.440 e. The molecular weight excluding hydrogens is 457 g/mol. The Kier molecular flexibility index (Phi) is 7.26. The van der Waals surface area contributed by atoms with Crippen LogP contribution >= 0.6 is 22.6 Å². The second kappa shape index (κ2) is 9.51. The molecule has 4 aliphatic rings. The van der Waals surface area contributed by atoms with Crippen molar-refractivity contribution in [1.82, 2.24) is 5.32 Å². The molecule has 0 aromatic heterocycles. The second-order valence-electron chi connectivity index (χ2n) is 10.1. The van der Waals surface area contributed by atoms with E-state index < -0.39 is 0 Å². The van der Waals surface area contributed by atoms with Crippen molar-refractivity contribution in [3.63, 3.8) is 0 Å². The molecule has 0 aromatic rings. The summed E-state index contributed by atoms with van der Waals surface area (Å²) in [4.78, 5) is 0. The third-order valence-corrected chi connectivity index (χ3v) is 9.74. The fourth-order valence-corrected chi connectivity index (χ4v) is 8.75. The molecule has 0 saturated heterocycles. The molecule has 0 aliphatic heterocycles. The van der Waals surface area contributed by atoms with E-state index in [4.69, 9.17) is 5.11 Å². The van der Waals surface area contributed by atoms with Gasteiger partial charge in [0.1, 0.15) is 0 Å². The summed E-state index contributed by atoms with van der Waals surface area (Å²) in [6, 6.07) is 0.624. The Bertz CT molecular complexity index is 587. The molecule has 3 saturated carbocycles. The number of hydrogen-bond acceptors (Lipinski definition) is 1. The van der Waals surface area contributed by atoms with Gasteiger partial charge in [-0.2, -0.15) is 0 Å². The molecule has 28 heavy (non-hydrogen) atoms. The standard InChI is InChI=1S/C25H40INO/c1-3-8-20-22(27-2)13-16-9-4-6-11-18(16)24(20)25-19-12-7-5-10-17(19)14-23(28)21(25)15-26/h3,16-20,22-24,27-28H,1,4-15H2,2H3/p+1. The van der Waals surface area contributed by atoms with Crippen LogP contribution in [0.1, 0.15) is 70.6 Å². The molecular formula is C25H41INO+. The molecule has 0 aromatic carbocycles. The van der Waals surface area contributed by atoms with Gasteiger partial charge in [0.15, 0.2) is 6.10 Å². The zero-order valence-corrected chi connectivity index (χ0v) is 19.9. The Balaban J connectivity index is 1.80. The van der Waals surface area contributed by atoms with Gasteiger partial charge in [-0.1, -0.05) is 66.3 Å². The first-order valence-corrected chi connectivity index (χ1v) is 13.5. The van der Waals surface area contributed by atoms with Gasteiger partial charge in [-0.25, -0.2) is 0 Å². The van der Waals surface area contributed by atoms with Crippen molar-refractivity contribution >= 4 is 22.6 Å². The molecule has 4 rings (SSSR count). The highest BCUT2D eigenvalue weighted by molar-refractivity contribution is 14.1. The van der Waals surface area contributed by atoms with E-state index in [2.05, 4.69) is 47.6 Å². The number of halogens is 1. The molecule has 0 radical (unpaired) electrons. The Morgan fingerprint density at radius 1 is 1.07 bits per heavy atom. The first-order valence-electron chi connectivity index (χ1n) is 12.0. The van der Waals surface area contributed by atoms with Crippen molar-refractivity contribution in [2.45, 2.75) is 82.8 Å². The normalized spacial score (nSPS) is 44.0. The van der Waals surface area contributed by atoms with Gasteiger partial charge < -0.3 is 10.4 Å². The molecule has 4 aliphatic carbocycles. The molecule has 2 nitrogen and oxygen atoms in total. The smallest absolute Gasteiger partial charge is 0.177 e. The van der Waals surface area contributed by atoms with E-state index >= 15 is 0 Å². The zero-order chi connectivity index (χ0) is 19.7. The van der Waals surface area contributed by atoms with Gasteiger partial charge in [-0.3, -0.25) is 0 Å². The van der Waals surface area contributed by atoms with Crippen LogP contribution in [0.3, 0.4) is 0 Å². The van der Waals surface area contributed by atoms with Crippen molar-refractivity contribution in [3.8, 4) is 0 Å². The number of allylic oxidation sites excluding steroid dienone is 2. The third-order valence-electron chi connectivity index (χ3n) is 8.92. The highest BCUT2D eigenvalue weighted by Gasteiger charge is 2.50. The van der Waals surface area contributed by atoms with Crippen molar-refractivity contribution in [1.29, 1.82) is 0 Å². The molecule has 0 heterocycles. The van der Waals surface area contributed by atoms with E-state index in [0.29, 0.717) is 17.9 Å². The SMILES string of the molecule is C=CCC1C(NC)CC2CCCCC2C1C1=C(CI)C([OH2+])CC2CCCCC12. The first-order chi connectivity index (χ1) is 13.7. The van der Waals surface area contributed by atoms with Gasteiger partial charge in [-0.05, 0) is 74.7 Å². The number of alkyl halides is 1. The van der Waals surface area contributed by atoms with Gasteiger partial charge in [-0.15, -0.1) is 6.58 Å². The van der Waals surface area contributed by atoms with E-state index in [1.54, 1.807) is 5.57 Å². The molecule has 8 atom stereocenters. The number of hydrogen-bond donors (Lipinski definition) is 1. The van der Waals surface area contributed by atoms with E-state index in [9.17, 15) is 0 Å².